The van der Waals surface area contributed by atoms with Crippen LogP contribution < -0.4 is 4.72 Å². The lowest BCUT2D eigenvalue weighted by molar-refractivity contribution is 0.0903. The first-order valence-electron chi connectivity index (χ1n) is 5.17. The van der Waals surface area contributed by atoms with Crippen LogP contribution in [0.3, 0.4) is 0 Å². The van der Waals surface area contributed by atoms with Crippen LogP contribution in [-0.4, -0.2) is 30.7 Å². The fraction of sp³-hybridized carbons (Fsp3) is 0.0909. The van der Waals surface area contributed by atoms with Gasteiger partial charge in [-0.15, -0.1) is 0 Å². The van der Waals surface area contributed by atoms with E-state index in [0.29, 0.717) is 0 Å². The molecule has 6 nitrogen and oxygen atoms in total. The SMILES string of the molecule is O=C(CNS(=O)(=O)c1ccccc1)n1cccn1. The minimum atomic E-state index is -3.66. The van der Waals surface area contributed by atoms with Gasteiger partial charge >= 0.3 is 0 Å². The smallest absolute Gasteiger partial charge is 0.261 e. The lowest BCUT2D eigenvalue weighted by Gasteiger charge is -2.05. The molecule has 94 valence electrons. The number of aromatic nitrogens is 2. The third kappa shape index (κ3) is 2.82. The predicted octanol–water partition coefficient (Wildman–Crippen LogP) is 0.502. The first-order valence-corrected chi connectivity index (χ1v) is 6.65. The highest BCUT2D eigenvalue weighted by Crippen LogP contribution is 2.06. The van der Waals surface area contributed by atoms with Crippen molar-refractivity contribution < 1.29 is 13.2 Å². The molecule has 18 heavy (non-hydrogen) atoms. The summed E-state index contributed by atoms with van der Waals surface area (Å²) in [6.45, 7) is -0.334. The van der Waals surface area contributed by atoms with Crippen LogP contribution in [0.4, 0.5) is 0 Å². The van der Waals surface area contributed by atoms with Crippen molar-refractivity contribution in [1.82, 2.24) is 14.5 Å². The van der Waals surface area contributed by atoms with Gasteiger partial charge in [-0.1, -0.05) is 18.2 Å². The van der Waals surface area contributed by atoms with E-state index < -0.39 is 15.9 Å². The molecule has 2 rings (SSSR count). The molecule has 0 aliphatic heterocycles. The summed E-state index contributed by atoms with van der Waals surface area (Å²) in [6, 6.07) is 9.45. The fourth-order valence-electron chi connectivity index (χ4n) is 1.34. The quantitative estimate of drug-likeness (QED) is 0.873. The molecule has 0 radical (unpaired) electrons. The summed E-state index contributed by atoms with van der Waals surface area (Å²) in [4.78, 5) is 11.7. The van der Waals surface area contributed by atoms with Crippen molar-refractivity contribution in [1.29, 1.82) is 0 Å². The number of hydrogen-bond donors (Lipinski definition) is 1. The first kappa shape index (κ1) is 12.5. The Morgan fingerprint density at radius 2 is 1.94 bits per heavy atom. The Morgan fingerprint density at radius 1 is 1.22 bits per heavy atom. The minimum Gasteiger partial charge on any atom is -0.271 e. The van der Waals surface area contributed by atoms with Gasteiger partial charge in [0.25, 0.3) is 5.91 Å². The summed E-state index contributed by atoms with van der Waals surface area (Å²) in [5.41, 5.74) is 0. The van der Waals surface area contributed by atoms with E-state index in [2.05, 4.69) is 9.82 Å². The highest BCUT2D eigenvalue weighted by Gasteiger charge is 2.15. The molecule has 1 N–H and O–H groups in total. The van der Waals surface area contributed by atoms with Crippen LogP contribution in [0, 0.1) is 0 Å². The molecule has 0 fully saturated rings. The van der Waals surface area contributed by atoms with E-state index in [4.69, 9.17) is 0 Å². The maximum atomic E-state index is 11.8. The lowest BCUT2D eigenvalue weighted by Crippen LogP contribution is -2.32. The van der Waals surface area contributed by atoms with E-state index in [-0.39, 0.29) is 11.4 Å². The van der Waals surface area contributed by atoms with Crippen LogP contribution in [0.15, 0.2) is 53.7 Å². The molecule has 7 heteroatoms. The van der Waals surface area contributed by atoms with Crippen molar-refractivity contribution in [3.05, 3.63) is 48.8 Å². The Morgan fingerprint density at radius 3 is 2.56 bits per heavy atom. The van der Waals surface area contributed by atoms with Crippen molar-refractivity contribution in [3.8, 4) is 0 Å². The van der Waals surface area contributed by atoms with Crippen LogP contribution in [0.1, 0.15) is 4.79 Å². The summed E-state index contributed by atoms with van der Waals surface area (Å²) in [5.74, 6) is -0.445. The zero-order valence-electron chi connectivity index (χ0n) is 9.35. The van der Waals surface area contributed by atoms with E-state index in [0.717, 1.165) is 4.68 Å². The number of sulfonamides is 1. The molecule has 1 aromatic heterocycles. The average Bonchev–Trinajstić information content (AvgIpc) is 2.91. The summed E-state index contributed by atoms with van der Waals surface area (Å²) < 4.78 is 26.9. The summed E-state index contributed by atoms with van der Waals surface area (Å²) in [5, 5.41) is 3.72. The zero-order chi connectivity index (χ0) is 13.0. The number of nitrogens with one attached hydrogen (secondary N) is 1. The molecule has 0 saturated heterocycles. The van der Waals surface area contributed by atoms with Crippen molar-refractivity contribution in [3.63, 3.8) is 0 Å². The van der Waals surface area contributed by atoms with E-state index in [1.54, 1.807) is 24.3 Å². The van der Waals surface area contributed by atoms with Crippen LogP contribution in [-0.2, 0) is 10.0 Å². The summed E-state index contributed by atoms with van der Waals surface area (Å²) >= 11 is 0. The summed E-state index contributed by atoms with van der Waals surface area (Å²) in [7, 11) is -3.66. The molecular formula is C11H11N3O3S. The van der Waals surface area contributed by atoms with Gasteiger partial charge in [-0.2, -0.15) is 5.10 Å². The molecule has 0 atom stereocenters. The maximum absolute atomic E-state index is 11.8. The van der Waals surface area contributed by atoms with Gasteiger partial charge in [0, 0.05) is 12.4 Å². The highest BCUT2D eigenvalue weighted by atomic mass is 32.2. The van der Waals surface area contributed by atoms with E-state index in [1.165, 1.54) is 24.5 Å². The Bertz CT molecular complexity index is 621. The molecular weight excluding hydrogens is 254 g/mol. The Balaban J connectivity index is 2.05. The third-order valence-corrected chi connectivity index (χ3v) is 3.64. The van der Waals surface area contributed by atoms with Crippen molar-refractivity contribution in [2.45, 2.75) is 4.90 Å². The molecule has 0 aliphatic carbocycles. The number of benzene rings is 1. The van der Waals surface area contributed by atoms with Gasteiger partial charge < -0.3 is 0 Å². The highest BCUT2D eigenvalue weighted by molar-refractivity contribution is 7.89. The molecule has 1 heterocycles. The minimum absolute atomic E-state index is 0.123. The third-order valence-electron chi connectivity index (χ3n) is 2.23. The second-order valence-electron chi connectivity index (χ2n) is 3.48. The van der Waals surface area contributed by atoms with Crippen LogP contribution in [0.5, 0.6) is 0 Å². The molecule has 0 unspecified atom stereocenters. The lowest BCUT2D eigenvalue weighted by atomic mass is 10.4. The van der Waals surface area contributed by atoms with Crippen molar-refractivity contribution in [2.24, 2.45) is 0 Å². The average molecular weight is 265 g/mol. The van der Waals surface area contributed by atoms with Crippen molar-refractivity contribution in [2.75, 3.05) is 6.54 Å². The number of hydrogen-bond acceptors (Lipinski definition) is 4. The molecule has 0 saturated carbocycles. The topological polar surface area (TPSA) is 81.1 Å². The first-order chi connectivity index (χ1) is 8.59. The number of carbonyl (C=O) groups excluding carboxylic acids is 1. The van der Waals surface area contributed by atoms with Gasteiger partial charge in [-0.3, -0.25) is 4.79 Å². The Kier molecular flexibility index (Phi) is 3.54. The van der Waals surface area contributed by atoms with Gasteiger partial charge in [-0.05, 0) is 18.2 Å². The van der Waals surface area contributed by atoms with E-state index >= 15 is 0 Å². The van der Waals surface area contributed by atoms with E-state index in [9.17, 15) is 13.2 Å². The molecule has 0 spiro atoms. The van der Waals surface area contributed by atoms with Gasteiger partial charge in [-0.25, -0.2) is 17.8 Å². The van der Waals surface area contributed by atoms with Gasteiger partial charge in [0.15, 0.2) is 0 Å². The molecule has 0 bridgehead atoms. The van der Waals surface area contributed by atoms with Gasteiger partial charge in [0.05, 0.1) is 11.4 Å². The van der Waals surface area contributed by atoms with Gasteiger partial charge in [0.2, 0.25) is 10.0 Å². The van der Waals surface area contributed by atoms with Crippen LogP contribution in [0.2, 0.25) is 0 Å². The molecule has 2 aromatic rings. The number of rotatable bonds is 4. The van der Waals surface area contributed by atoms with E-state index in [1.807, 2.05) is 0 Å². The predicted molar refractivity (Wildman–Crippen MR) is 64.5 cm³/mol. The van der Waals surface area contributed by atoms with Gasteiger partial charge in [0.1, 0.15) is 0 Å². The zero-order valence-corrected chi connectivity index (χ0v) is 10.2. The molecule has 0 aliphatic rings. The standard InChI is InChI=1S/C11H11N3O3S/c15-11(14-8-4-7-12-14)9-13-18(16,17)10-5-2-1-3-6-10/h1-8,13H,9H2. The Hall–Kier alpha value is -1.99. The molecule has 0 amide bonds. The number of nitrogens with zero attached hydrogens (tertiary/aromatic N) is 2. The van der Waals surface area contributed by atoms with Crippen molar-refractivity contribution >= 4 is 15.9 Å². The molecule has 1 aromatic carbocycles. The van der Waals surface area contributed by atoms with Crippen LogP contribution >= 0.6 is 0 Å². The van der Waals surface area contributed by atoms with Crippen LogP contribution in [0.25, 0.3) is 0 Å². The fourth-order valence-corrected chi connectivity index (χ4v) is 2.33. The normalized spacial score (nSPS) is 11.3. The Labute approximate surface area is 104 Å². The number of carbonyl (C=O) groups is 1. The second-order valence-corrected chi connectivity index (χ2v) is 5.25. The monoisotopic (exact) mass is 265 g/mol. The largest absolute Gasteiger partial charge is 0.271 e. The summed E-state index contributed by atoms with van der Waals surface area (Å²) in [6.07, 6.45) is 2.91. The second kappa shape index (κ2) is 5.11. The maximum Gasteiger partial charge on any atom is 0.261 e.